The Bertz CT molecular complexity index is 3020. The second-order valence-corrected chi connectivity index (χ2v) is 244. The van der Waals surface area contributed by atoms with Crippen molar-refractivity contribution in [3.8, 4) is 0 Å². The summed E-state index contributed by atoms with van der Waals surface area (Å²) in [6.07, 6.45) is 0.455. The van der Waals surface area contributed by atoms with Gasteiger partial charge in [-0.3, -0.25) is 9.59 Å². The van der Waals surface area contributed by atoms with E-state index in [1.807, 2.05) is 0 Å². The van der Waals surface area contributed by atoms with Crippen molar-refractivity contribution in [1.29, 1.82) is 0 Å². The van der Waals surface area contributed by atoms with Crippen LogP contribution < -0.4 is 0 Å². The summed E-state index contributed by atoms with van der Waals surface area (Å²) >= 11 is 0. The molecule has 0 aromatic rings. The van der Waals surface area contributed by atoms with Gasteiger partial charge in [0.2, 0.25) is 0 Å². The molecule has 8 rings (SSSR count). The van der Waals surface area contributed by atoms with Gasteiger partial charge in [-0.2, -0.15) is 0 Å². The topological polar surface area (TPSA) is 128 Å². The van der Waals surface area contributed by atoms with E-state index in [4.69, 9.17) is 36.6 Å². The molecule has 11 nitrogen and oxygen atoms in total. The van der Waals surface area contributed by atoms with E-state index >= 15 is 9.59 Å². The van der Waals surface area contributed by atoms with E-state index in [-0.39, 0.29) is 156 Å². The molecule has 60 atom stereocenters. The Kier molecular flexibility index (Phi) is 61.0. The summed E-state index contributed by atoms with van der Waals surface area (Å²) in [6, 6.07) is 0. The zero-order valence-electron chi connectivity index (χ0n) is 65.0. The Morgan fingerprint density at radius 1 is 0.377 bits per heavy atom. The third-order valence-electron chi connectivity index (χ3n) is 22.9. The van der Waals surface area contributed by atoms with Gasteiger partial charge in [-0.1, -0.05) is 82.2 Å². The lowest BCUT2D eigenvalue weighted by Gasteiger charge is -2.68. The number of carbonyl (C=O) groups excluding carboxylic acids is 2. The Morgan fingerprint density at radius 3 is 0.947 bits per heavy atom. The lowest BCUT2D eigenvalue weighted by atomic mass is 9.42. The first-order valence-electron chi connectivity index (χ1n) is 34.0. The molecule has 114 heavy (non-hydrogen) atoms. The minimum absolute atomic E-state index is 0.0215. The van der Waals surface area contributed by atoms with Gasteiger partial charge in [0.1, 0.15) is 17.8 Å². The van der Waals surface area contributed by atoms with Crippen molar-refractivity contribution < 1.29 is 51.3 Å². The van der Waals surface area contributed by atoms with Crippen molar-refractivity contribution in [2.45, 2.75) is 156 Å². The molecule has 0 radical (unpaired) electrons. The molecule has 4 saturated carbocycles. The molecule has 6 fully saturated rings. The van der Waals surface area contributed by atoms with Crippen LogP contribution in [0.2, 0.25) is 0 Å². The van der Waals surface area contributed by atoms with Gasteiger partial charge in [-0.05, 0) is 201 Å². The normalized spacial score (nSPS) is 35.6. The van der Waals surface area contributed by atoms with Crippen molar-refractivity contribution in [3.63, 3.8) is 0 Å². The number of aliphatic hydroxyl groups is 1. The van der Waals surface area contributed by atoms with Crippen LogP contribution in [0, 0.1) is 62.6 Å². The fourth-order valence-electron chi connectivity index (χ4n) is 18.3. The molecule has 1 N–H and O–H groups in total. The van der Waals surface area contributed by atoms with E-state index in [0.717, 1.165) is 24.8 Å². The second-order valence-electron chi connectivity index (χ2n) is 30.1. The second kappa shape index (κ2) is 55.5. The number of ether oxygens (including phenoxy) is 2. The van der Waals surface area contributed by atoms with Crippen LogP contribution in [0.25, 0.3) is 0 Å². The molecule has 4 bridgehead atoms. The van der Waals surface area contributed by atoms with Gasteiger partial charge in [0.25, 0.3) is 0 Å². The monoisotopic (exact) mass is 2680 g/mol. The van der Waals surface area contributed by atoms with Crippen LogP contribution in [0.1, 0.15) is 102 Å². The average Bonchev–Trinajstić information content (AvgIpc) is 0.685. The van der Waals surface area contributed by atoms with Gasteiger partial charge in [-0.25, -0.2) is 0 Å². The number of rotatable bonds is 34. The SMILES string of the molecule is CC1=C2[C@@H](OP(P(P)P)P(PP)P(P)P)C(=O)[C@]3(C)[C@@H](OP(P(P)P)P(P)P)C[C@H]4OC[C@@]4(C)[C@H]3[C@H](C)C(C[C@@H]1OP(P(P)P(P)P)P(P(P)P)P(P)P)C2(C)C.CC1=C2[C@@H](OP(P(P)P)P(PP)P(P)P)C(=O)[C@]3(C)[C@@H](OP(P(P)P)P(P)P)C[C@H]4OC[C@@]4(O)[C@H]3[C@H](C)C(C[C@@H]1OP(P(P)P(P)P)P(P(P)P)P(P)P)C2(C)C. The van der Waals surface area contributed by atoms with Crippen LogP contribution in [-0.4, -0.2) is 84.3 Å². The summed E-state index contributed by atoms with van der Waals surface area (Å²) in [4.78, 5) is 33.1. The van der Waals surface area contributed by atoms with E-state index in [1.165, 1.54) is 16.7 Å². The molecular formula is C43H126O11P60. The lowest BCUT2D eigenvalue weighted by molar-refractivity contribution is -0.323. The third-order valence-corrected chi connectivity index (χ3v) is 304. The van der Waals surface area contributed by atoms with Crippen molar-refractivity contribution in [1.82, 2.24) is 0 Å². The fraction of sp³-hybridized carbons (Fsp3) is 0.860. The van der Waals surface area contributed by atoms with Crippen LogP contribution in [0.4, 0.5) is 0 Å². The zero-order chi connectivity index (χ0) is 86.9. The first-order valence-corrected chi connectivity index (χ1v) is 138. The Labute approximate surface area is 794 Å². The summed E-state index contributed by atoms with van der Waals surface area (Å²) in [6.45, 7) is 17.8. The summed E-state index contributed by atoms with van der Waals surface area (Å²) in [7, 11) is 95.9. The molecule has 44 unspecified atom stereocenters. The highest BCUT2D eigenvalue weighted by Crippen LogP contribution is 3.20. The van der Waals surface area contributed by atoms with Gasteiger partial charge in [0.05, 0.1) is 106 Å². The highest BCUT2D eigenvalue weighted by Gasteiger charge is 2.75. The Morgan fingerprint density at radius 2 is 0.684 bits per heavy atom. The summed E-state index contributed by atoms with van der Waals surface area (Å²) < 4.78 is 58.6. The largest absolute Gasteiger partial charge is 0.384 e. The molecule has 71 heteroatoms. The minimum Gasteiger partial charge on any atom is -0.384 e. The standard InChI is InChI=1S/C22H64O5P30.C21H62O6P30/c1-10-12-7-13(25-47(55(43)51(35)36)57(53(39)40)54(41)42)11(2)16(20(12,3)4)17(27-46(50(33)34)56(44-28)52(37)38)19(23)22(6)15(26-45(48(29)30)49(31)32)8-14-21(5,9-24-14)18(10)22;1-9-11-6-12(25-47(55(43)51(35)36)57(53(39)40)54(41)42)10(2)15(19(11,3)4)16(27-46(50(33)34)56(44-28)52(37)38)18(22)20(5)13(26-45(48(29)30)49(31)32)7-14-21(23,8-24-14)17(9)20/h10,12-15,17-18,44H,7-9,28-43H2,1-6H3;9,11-14,16-17,23,44H,6-8,28-43H2,1-5H3/t10-,12?,13+,14-,15+,17-,18-,21-,22-,46?,47?,55?,56?;9-,11?,12+,13+,14-,16-,17+,20-,21+,46?,47?,55?,56?/m11/s1. The van der Waals surface area contributed by atoms with Gasteiger partial charge in [0.15, 0.2) is 11.6 Å². The smallest absolute Gasteiger partial charge is 0.175 e. The van der Waals surface area contributed by atoms with Gasteiger partial charge in [-0.15, -0.1) is 268 Å². The maximum atomic E-state index is 16.6. The number of hydrogen-bond donors (Lipinski definition) is 1. The molecule has 0 spiro atoms. The van der Waals surface area contributed by atoms with E-state index in [2.05, 4.69) is 362 Å². The predicted molar refractivity (Wildman–Crippen MR) is 699 cm³/mol. The highest BCUT2D eigenvalue weighted by molar-refractivity contribution is 9.21. The van der Waals surface area contributed by atoms with E-state index in [9.17, 15) is 5.11 Å². The Hall–Kier alpha value is 24.3. The zero-order valence-corrected chi connectivity index (χ0v) is 127. The maximum Gasteiger partial charge on any atom is 0.175 e. The molecule has 2 aliphatic heterocycles. The average molecular weight is 2680 g/mol. The number of carbonyl (C=O) groups is 2. The van der Waals surface area contributed by atoms with Crippen LogP contribution in [0.5, 0.6) is 0 Å². The van der Waals surface area contributed by atoms with Crippen LogP contribution >= 0.6 is 487 Å². The summed E-state index contributed by atoms with van der Waals surface area (Å²) in [5.74, 6) is 0.625. The first-order chi connectivity index (χ1) is 52.4. The molecular weight excluding hydrogens is 2550 g/mol. The van der Waals surface area contributed by atoms with Crippen molar-refractivity contribution in [2.75, 3.05) is 13.2 Å². The molecule has 0 amide bonds. The Balaban J connectivity index is 0.000000316. The first kappa shape index (κ1) is 125. The van der Waals surface area contributed by atoms with E-state index < -0.39 is 164 Å². The van der Waals surface area contributed by atoms with Gasteiger partial charge in [0, 0.05) is 66.1 Å². The fourth-order valence-corrected chi connectivity index (χ4v) is 408. The molecule has 664 valence electrons. The van der Waals surface area contributed by atoms with Gasteiger partial charge < -0.3 is 41.7 Å². The molecule has 0 aromatic carbocycles. The van der Waals surface area contributed by atoms with Gasteiger partial charge >= 0.3 is 0 Å². The summed E-state index contributed by atoms with van der Waals surface area (Å²) in [5.41, 5.74) is 1.07. The highest BCUT2D eigenvalue weighted by atomic mass is 33.3. The summed E-state index contributed by atoms with van der Waals surface area (Å²) in [5, 5.41) is 13.0. The number of Topliss-reactive ketones (excluding diaryl/α,β-unsaturated/α-hetero) is 2. The third kappa shape index (κ3) is 29.2. The lowest BCUT2D eigenvalue weighted by Crippen LogP contribution is -2.76. The molecule has 6 aliphatic carbocycles. The minimum atomic E-state index is -1.13. The van der Waals surface area contributed by atoms with E-state index in [0.29, 0.717) is 28.9 Å². The van der Waals surface area contributed by atoms with Crippen LogP contribution in [0.3, 0.4) is 0 Å². The van der Waals surface area contributed by atoms with Crippen molar-refractivity contribution >= 4 is 498 Å². The number of hydrogen-bond acceptors (Lipinski definition) is 11. The molecule has 8 aliphatic rings. The predicted octanol–water partition coefficient (Wildman–Crippen LogP) is 39.8. The van der Waals surface area contributed by atoms with Crippen LogP contribution in [-0.2, 0) is 46.2 Å². The molecule has 2 saturated heterocycles. The van der Waals surface area contributed by atoms with Crippen molar-refractivity contribution in [2.24, 2.45) is 62.6 Å². The van der Waals surface area contributed by atoms with Crippen LogP contribution in [0.15, 0.2) is 22.3 Å². The van der Waals surface area contributed by atoms with E-state index in [1.54, 1.807) is 0 Å². The number of fused-ring (bicyclic) bond motifs is 10. The van der Waals surface area contributed by atoms with Crippen molar-refractivity contribution in [3.05, 3.63) is 22.3 Å². The number of ketones is 2. The molecule has 0 aromatic heterocycles. The quantitative estimate of drug-likeness (QED) is 0.0488. The molecule has 2 heterocycles. The maximum absolute atomic E-state index is 16.6.